The van der Waals surface area contributed by atoms with Crippen molar-refractivity contribution in [1.29, 1.82) is 0 Å². The molecule has 16 heavy (non-hydrogen) atoms. The van der Waals surface area contributed by atoms with E-state index in [1.165, 1.54) is 17.7 Å². The zero-order valence-electron chi connectivity index (χ0n) is 9.87. The van der Waals surface area contributed by atoms with Crippen molar-refractivity contribution in [2.45, 2.75) is 25.7 Å². The van der Waals surface area contributed by atoms with Crippen LogP contribution in [-0.4, -0.2) is 43.4 Å². The number of nitrogens with zero attached hydrogens (tertiary/aromatic N) is 1. The Morgan fingerprint density at radius 1 is 1.50 bits per heavy atom. The average Bonchev–Trinajstić information content (AvgIpc) is 2.26. The van der Waals surface area contributed by atoms with E-state index in [4.69, 9.17) is 5.73 Å². The van der Waals surface area contributed by atoms with E-state index in [2.05, 4.69) is 5.32 Å². The maximum Gasteiger partial charge on any atom is 0.237 e. The fourth-order valence-electron chi connectivity index (χ4n) is 2.01. The van der Waals surface area contributed by atoms with Gasteiger partial charge in [-0.3, -0.25) is 9.59 Å². The summed E-state index contributed by atoms with van der Waals surface area (Å²) in [5.74, 6) is 0.138. The van der Waals surface area contributed by atoms with Gasteiger partial charge in [0.15, 0.2) is 0 Å². The molecule has 1 fully saturated rings. The van der Waals surface area contributed by atoms with Crippen LogP contribution in [0.3, 0.4) is 0 Å². The Kier molecular flexibility index (Phi) is 5.25. The molecule has 2 amide bonds. The summed E-state index contributed by atoms with van der Waals surface area (Å²) in [7, 11) is 1.62. The van der Waals surface area contributed by atoms with Gasteiger partial charge < -0.3 is 16.0 Å². The molecule has 1 aliphatic rings. The number of rotatable bonds is 5. The number of nitrogens with two attached hydrogens (primary N) is 1. The van der Waals surface area contributed by atoms with Crippen LogP contribution in [0.15, 0.2) is 0 Å². The molecule has 5 heteroatoms. The second kappa shape index (κ2) is 6.48. The largest absolute Gasteiger partial charge is 0.368 e. The Balaban J connectivity index is 2.20. The van der Waals surface area contributed by atoms with Crippen molar-refractivity contribution < 1.29 is 9.59 Å². The standard InChI is InChI=1S/C11H21N3O2/c1-14(8-10(12)15)11(16)5-4-9-3-2-6-13-7-9/h9,13H,2-8H2,1H3,(H2,12,15). The number of primary amides is 1. The van der Waals surface area contributed by atoms with E-state index in [1.54, 1.807) is 7.05 Å². The lowest BCUT2D eigenvalue weighted by Gasteiger charge is -2.23. The summed E-state index contributed by atoms with van der Waals surface area (Å²) in [6, 6.07) is 0. The molecule has 0 saturated carbocycles. The first kappa shape index (κ1) is 13.0. The lowest BCUT2D eigenvalue weighted by Crippen LogP contribution is -2.36. The van der Waals surface area contributed by atoms with Crippen LogP contribution in [-0.2, 0) is 9.59 Å². The molecule has 0 radical (unpaired) electrons. The fourth-order valence-corrected chi connectivity index (χ4v) is 2.01. The molecule has 0 spiro atoms. The number of carbonyl (C=O) groups excluding carboxylic acids is 2. The van der Waals surface area contributed by atoms with Crippen LogP contribution in [0.25, 0.3) is 0 Å². The van der Waals surface area contributed by atoms with E-state index >= 15 is 0 Å². The van der Waals surface area contributed by atoms with Crippen molar-refractivity contribution in [3.8, 4) is 0 Å². The van der Waals surface area contributed by atoms with Crippen LogP contribution in [0.2, 0.25) is 0 Å². The predicted molar refractivity (Wildman–Crippen MR) is 61.7 cm³/mol. The summed E-state index contributed by atoms with van der Waals surface area (Å²) in [6.07, 6.45) is 3.79. The molecule has 0 aromatic heterocycles. The van der Waals surface area contributed by atoms with Gasteiger partial charge in [0.25, 0.3) is 0 Å². The van der Waals surface area contributed by atoms with Crippen LogP contribution in [0.1, 0.15) is 25.7 Å². The van der Waals surface area contributed by atoms with Gasteiger partial charge in [-0.25, -0.2) is 0 Å². The summed E-state index contributed by atoms with van der Waals surface area (Å²) in [5, 5.41) is 3.32. The third-order valence-corrected chi connectivity index (χ3v) is 2.98. The van der Waals surface area contributed by atoms with Gasteiger partial charge >= 0.3 is 0 Å². The van der Waals surface area contributed by atoms with Crippen molar-refractivity contribution in [1.82, 2.24) is 10.2 Å². The molecule has 1 saturated heterocycles. The number of likely N-dealkylation sites (N-methyl/N-ethyl adjacent to an activating group) is 1. The summed E-state index contributed by atoms with van der Waals surface area (Å²) in [6.45, 7) is 2.11. The van der Waals surface area contributed by atoms with Gasteiger partial charge in [-0.15, -0.1) is 0 Å². The summed E-state index contributed by atoms with van der Waals surface area (Å²) >= 11 is 0. The van der Waals surface area contributed by atoms with Gasteiger partial charge in [-0.2, -0.15) is 0 Å². The first-order chi connectivity index (χ1) is 7.59. The van der Waals surface area contributed by atoms with Crippen LogP contribution >= 0.6 is 0 Å². The molecular formula is C11H21N3O2. The molecule has 0 aromatic carbocycles. The Bertz CT molecular complexity index is 250. The summed E-state index contributed by atoms with van der Waals surface area (Å²) in [5.41, 5.74) is 5.03. The van der Waals surface area contributed by atoms with E-state index in [0.717, 1.165) is 19.5 Å². The van der Waals surface area contributed by atoms with Crippen LogP contribution < -0.4 is 11.1 Å². The molecule has 5 nitrogen and oxygen atoms in total. The van der Waals surface area contributed by atoms with E-state index < -0.39 is 5.91 Å². The van der Waals surface area contributed by atoms with Crippen molar-refractivity contribution in [3.63, 3.8) is 0 Å². The lowest BCUT2D eigenvalue weighted by molar-refractivity contribution is -0.134. The highest BCUT2D eigenvalue weighted by atomic mass is 16.2. The molecule has 1 unspecified atom stereocenters. The highest BCUT2D eigenvalue weighted by Crippen LogP contribution is 2.16. The van der Waals surface area contributed by atoms with Crippen LogP contribution in [0.5, 0.6) is 0 Å². The minimum Gasteiger partial charge on any atom is -0.368 e. The third kappa shape index (κ3) is 4.61. The van der Waals surface area contributed by atoms with Crippen molar-refractivity contribution in [2.75, 3.05) is 26.7 Å². The van der Waals surface area contributed by atoms with Gasteiger partial charge in [-0.05, 0) is 38.3 Å². The Morgan fingerprint density at radius 2 is 2.25 bits per heavy atom. The topological polar surface area (TPSA) is 75.4 Å². The number of carbonyl (C=O) groups is 2. The van der Waals surface area contributed by atoms with E-state index in [1.807, 2.05) is 0 Å². The molecular weight excluding hydrogens is 206 g/mol. The van der Waals surface area contributed by atoms with Crippen molar-refractivity contribution in [3.05, 3.63) is 0 Å². The Labute approximate surface area is 96.4 Å². The van der Waals surface area contributed by atoms with E-state index in [9.17, 15) is 9.59 Å². The molecule has 1 aliphatic heterocycles. The Hall–Kier alpha value is -1.10. The number of nitrogens with one attached hydrogen (secondary N) is 1. The SMILES string of the molecule is CN(CC(N)=O)C(=O)CCC1CCCNC1. The zero-order valence-corrected chi connectivity index (χ0v) is 9.87. The van der Waals surface area contributed by atoms with Gasteiger partial charge in [0, 0.05) is 13.5 Å². The van der Waals surface area contributed by atoms with Crippen LogP contribution in [0.4, 0.5) is 0 Å². The minimum atomic E-state index is -0.463. The third-order valence-electron chi connectivity index (χ3n) is 2.98. The van der Waals surface area contributed by atoms with Gasteiger partial charge in [-0.1, -0.05) is 0 Å². The first-order valence-corrected chi connectivity index (χ1v) is 5.82. The monoisotopic (exact) mass is 227 g/mol. The van der Waals surface area contributed by atoms with Crippen molar-refractivity contribution in [2.24, 2.45) is 11.7 Å². The smallest absolute Gasteiger partial charge is 0.237 e. The second-order valence-electron chi connectivity index (χ2n) is 4.47. The molecule has 1 rings (SSSR count). The normalized spacial score (nSPS) is 20.4. The number of amides is 2. The van der Waals surface area contributed by atoms with E-state index in [0.29, 0.717) is 12.3 Å². The number of hydrogen-bond donors (Lipinski definition) is 2. The quantitative estimate of drug-likeness (QED) is 0.677. The highest BCUT2D eigenvalue weighted by molar-refractivity contribution is 5.83. The molecule has 92 valence electrons. The lowest BCUT2D eigenvalue weighted by atomic mass is 9.94. The molecule has 1 heterocycles. The average molecular weight is 227 g/mol. The number of hydrogen-bond acceptors (Lipinski definition) is 3. The fraction of sp³-hybridized carbons (Fsp3) is 0.818. The maximum absolute atomic E-state index is 11.6. The number of piperidine rings is 1. The Morgan fingerprint density at radius 3 is 2.81 bits per heavy atom. The maximum atomic E-state index is 11.6. The second-order valence-corrected chi connectivity index (χ2v) is 4.47. The summed E-state index contributed by atoms with van der Waals surface area (Å²) in [4.78, 5) is 23.7. The van der Waals surface area contributed by atoms with Gasteiger partial charge in [0.05, 0.1) is 6.54 Å². The van der Waals surface area contributed by atoms with Crippen LogP contribution in [0, 0.1) is 5.92 Å². The molecule has 1 atom stereocenters. The molecule has 0 bridgehead atoms. The first-order valence-electron chi connectivity index (χ1n) is 5.82. The predicted octanol–water partition coefficient (Wildman–Crippen LogP) is -0.290. The molecule has 3 N–H and O–H groups in total. The molecule has 0 aliphatic carbocycles. The van der Waals surface area contributed by atoms with Gasteiger partial charge in [0.1, 0.15) is 0 Å². The molecule has 0 aromatic rings. The van der Waals surface area contributed by atoms with Gasteiger partial charge in [0.2, 0.25) is 11.8 Å². The summed E-state index contributed by atoms with van der Waals surface area (Å²) < 4.78 is 0. The van der Waals surface area contributed by atoms with Crippen molar-refractivity contribution >= 4 is 11.8 Å². The zero-order chi connectivity index (χ0) is 12.0. The minimum absolute atomic E-state index is 0.00405. The highest BCUT2D eigenvalue weighted by Gasteiger charge is 2.16. The van der Waals surface area contributed by atoms with E-state index in [-0.39, 0.29) is 12.5 Å².